The predicted octanol–water partition coefficient (Wildman–Crippen LogP) is 4.01. The largest absolute Gasteiger partial charge is 0.466 e. The van der Waals surface area contributed by atoms with Crippen LogP contribution < -0.4 is 0 Å². The molecule has 0 aromatic carbocycles. The maximum atomic E-state index is 13.6. The molecule has 2 rings (SSSR count). The summed E-state index contributed by atoms with van der Waals surface area (Å²) in [6.45, 7) is 18.5. The van der Waals surface area contributed by atoms with Crippen molar-refractivity contribution in [3.8, 4) is 0 Å². The third kappa shape index (κ3) is 4.08. The van der Waals surface area contributed by atoms with E-state index >= 15 is 0 Å². The van der Waals surface area contributed by atoms with E-state index in [0.29, 0.717) is 5.71 Å². The number of hydrogen-bond donors (Lipinski definition) is 0. The number of carbonyl (C=O) groups excluding carboxylic acids is 3. The first kappa shape index (κ1) is 28.9. The summed E-state index contributed by atoms with van der Waals surface area (Å²) in [4.78, 5) is 43.7. The molecule has 0 fully saturated rings. The number of amides is 1. The van der Waals surface area contributed by atoms with Crippen LogP contribution in [-0.2, 0) is 28.3 Å². The summed E-state index contributed by atoms with van der Waals surface area (Å²) < 4.78 is 18.5. The molecule has 0 radical (unpaired) electrons. The Kier molecular flexibility index (Phi) is 7.40. The van der Waals surface area contributed by atoms with Crippen LogP contribution in [0.2, 0.25) is 18.1 Å². The van der Waals surface area contributed by atoms with Crippen molar-refractivity contribution < 1.29 is 33.1 Å². The molecule has 35 heavy (non-hydrogen) atoms. The summed E-state index contributed by atoms with van der Waals surface area (Å²) in [5.41, 5.74) is 8.25. The zero-order valence-electron chi connectivity index (χ0n) is 22.8. The maximum absolute atomic E-state index is 13.6. The second-order valence-electron chi connectivity index (χ2n) is 11.3. The number of nitrogens with zero attached hydrogens (tertiary/aromatic N) is 4. The van der Waals surface area contributed by atoms with E-state index in [4.69, 9.17) is 13.9 Å². The lowest BCUT2D eigenvalue weighted by atomic mass is 9.72. The van der Waals surface area contributed by atoms with Crippen LogP contribution in [0.5, 0.6) is 0 Å². The molecule has 1 amide bonds. The number of hydrazone groups is 1. The quantitative estimate of drug-likeness (QED) is 0.180. The van der Waals surface area contributed by atoms with E-state index in [1.165, 1.54) is 21.1 Å². The van der Waals surface area contributed by atoms with Gasteiger partial charge in [0.05, 0.1) is 25.5 Å². The first-order valence-electron chi connectivity index (χ1n) is 11.3. The van der Waals surface area contributed by atoms with E-state index in [1.54, 1.807) is 12.7 Å². The standard InChI is InChI=1S/C23H37N4O6PSi/c1-14-13-34(27(26-14)15(2)28)17(19(30)32-10)16(18(29)31-9)23(20(34)25-24,21(3,4)5)33-35(11,12)22(6,7)8/h13H,1-12H3. The lowest BCUT2D eigenvalue weighted by Gasteiger charge is -2.48. The van der Waals surface area contributed by atoms with Crippen LogP contribution in [0.1, 0.15) is 55.4 Å². The average Bonchev–Trinajstić information content (AvgIpc) is 3.17. The van der Waals surface area contributed by atoms with Gasteiger partial charge in [-0.05, 0) is 30.9 Å². The molecular weight excluding hydrogens is 487 g/mol. The molecule has 12 heteroatoms. The van der Waals surface area contributed by atoms with Gasteiger partial charge in [0.1, 0.15) is 5.31 Å². The van der Waals surface area contributed by atoms with Crippen molar-refractivity contribution in [3.05, 3.63) is 16.4 Å². The van der Waals surface area contributed by atoms with Crippen LogP contribution in [0.15, 0.2) is 16.0 Å². The Morgan fingerprint density at radius 1 is 1.09 bits per heavy atom. The topological polar surface area (TPSA) is 131 Å². The SMILES string of the molecule is COC(=O)C1=C(C(=O)OC)P2(=CC(C)=NN2C(C)=O)C(=[N+]=[N-])C1(O[Si](C)(C)C(C)(C)C)C(C)(C)C. The maximum Gasteiger partial charge on any atom is 0.348 e. The minimum Gasteiger partial charge on any atom is -0.466 e. The summed E-state index contributed by atoms with van der Waals surface area (Å²) >= 11 is 0. The van der Waals surface area contributed by atoms with Gasteiger partial charge in [0.25, 0.3) is 0 Å². The van der Waals surface area contributed by atoms with Crippen molar-refractivity contribution in [1.82, 2.24) is 4.78 Å². The fraction of sp³-hybridized carbons (Fsp3) is 0.652. The number of methoxy groups -OCH3 is 2. The third-order valence-electron chi connectivity index (χ3n) is 6.91. The number of esters is 2. The molecule has 2 atom stereocenters. The number of ether oxygens (including phenoxy) is 2. The molecule has 0 saturated carbocycles. The van der Waals surface area contributed by atoms with Crippen molar-refractivity contribution in [2.45, 2.75) is 79.1 Å². The Bertz CT molecular complexity index is 1150. The summed E-state index contributed by atoms with van der Waals surface area (Å²) in [6.07, 6.45) is 0. The minimum atomic E-state index is -3.54. The molecule has 10 nitrogen and oxygen atoms in total. The molecule has 194 valence electrons. The third-order valence-corrected chi connectivity index (χ3v) is 15.2. The van der Waals surface area contributed by atoms with Crippen molar-refractivity contribution in [2.24, 2.45) is 10.5 Å². The van der Waals surface area contributed by atoms with Gasteiger partial charge < -0.3 is 19.4 Å². The highest BCUT2D eigenvalue weighted by molar-refractivity contribution is 7.94. The van der Waals surface area contributed by atoms with Gasteiger partial charge in [-0.15, -0.1) is 0 Å². The normalized spacial score (nSPS) is 24.9. The zero-order chi connectivity index (χ0) is 27.4. The molecule has 2 unspecified atom stereocenters. The van der Waals surface area contributed by atoms with Crippen LogP contribution in [0.3, 0.4) is 0 Å². The Morgan fingerprint density at radius 3 is 1.97 bits per heavy atom. The predicted molar refractivity (Wildman–Crippen MR) is 139 cm³/mol. The van der Waals surface area contributed by atoms with Gasteiger partial charge in [-0.1, -0.05) is 41.5 Å². The van der Waals surface area contributed by atoms with Crippen LogP contribution in [0, 0.1) is 5.41 Å². The number of hydrogen-bond acceptors (Lipinski definition) is 7. The Hall–Kier alpha value is -2.32. The first-order chi connectivity index (χ1) is 15.8. The Morgan fingerprint density at radius 2 is 1.60 bits per heavy atom. The summed E-state index contributed by atoms with van der Waals surface area (Å²) in [7, 11) is -3.89. The van der Waals surface area contributed by atoms with E-state index < -0.39 is 44.2 Å². The lowest BCUT2D eigenvalue weighted by molar-refractivity contribution is -0.141. The average molecular weight is 525 g/mol. The fourth-order valence-electron chi connectivity index (χ4n) is 4.28. The minimum absolute atomic E-state index is 0.0149. The van der Waals surface area contributed by atoms with E-state index in [0.717, 1.165) is 4.78 Å². The Balaban J connectivity index is 3.30. The molecule has 0 aliphatic carbocycles. The summed E-state index contributed by atoms with van der Waals surface area (Å²) in [5, 5.41) is 3.92. The van der Waals surface area contributed by atoms with E-state index in [9.17, 15) is 19.9 Å². The monoisotopic (exact) mass is 524 g/mol. The van der Waals surface area contributed by atoms with Gasteiger partial charge in [-0.25, -0.2) is 9.59 Å². The highest BCUT2D eigenvalue weighted by Gasteiger charge is 2.74. The van der Waals surface area contributed by atoms with Crippen molar-refractivity contribution in [2.75, 3.05) is 14.2 Å². The first-order valence-corrected chi connectivity index (χ1v) is 16.0. The molecule has 0 aromatic heterocycles. The molecule has 2 aliphatic heterocycles. The second-order valence-corrected chi connectivity index (χ2v) is 18.9. The van der Waals surface area contributed by atoms with Crippen molar-refractivity contribution >= 4 is 50.2 Å². The molecule has 0 aromatic rings. The van der Waals surface area contributed by atoms with Crippen LogP contribution in [-0.4, -0.2) is 72.5 Å². The smallest absolute Gasteiger partial charge is 0.348 e. The van der Waals surface area contributed by atoms with E-state index in [2.05, 4.69) is 9.89 Å². The Labute approximate surface area is 208 Å². The van der Waals surface area contributed by atoms with Gasteiger partial charge in [-0.3, -0.25) is 4.79 Å². The van der Waals surface area contributed by atoms with Crippen LogP contribution in [0.25, 0.3) is 5.53 Å². The molecular formula is C23H37N4O6PSi. The molecule has 0 bridgehead atoms. The van der Waals surface area contributed by atoms with Gasteiger partial charge >= 0.3 is 17.4 Å². The summed E-state index contributed by atoms with van der Waals surface area (Å²) in [6, 6.07) is 0. The van der Waals surface area contributed by atoms with Crippen LogP contribution in [0.4, 0.5) is 0 Å². The lowest BCUT2D eigenvalue weighted by Crippen LogP contribution is -2.60. The summed E-state index contributed by atoms with van der Waals surface area (Å²) in [5.74, 6) is -0.549. The molecule has 0 N–H and O–H groups in total. The molecule has 2 heterocycles. The number of carbonyl (C=O) groups is 3. The van der Waals surface area contributed by atoms with Gasteiger partial charge in [0, 0.05) is 12.3 Å². The van der Waals surface area contributed by atoms with E-state index in [1.807, 2.05) is 54.6 Å². The van der Waals surface area contributed by atoms with Crippen LogP contribution >= 0.6 is 7.04 Å². The van der Waals surface area contributed by atoms with Gasteiger partial charge in [-0.2, -0.15) is 14.7 Å². The zero-order valence-corrected chi connectivity index (χ0v) is 24.7. The van der Waals surface area contributed by atoms with Crippen molar-refractivity contribution in [1.29, 1.82) is 0 Å². The molecule has 2 aliphatic rings. The molecule has 0 saturated heterocycles. The second kappa shape index (κ2) is 8.96. The fourth-order valence-corrected chi connectivity index (χ4v) is 10.3. The van der Waals surface area contributed by atoms with E-state index in [-0.39, 0.29) is 21.4 Å². The van der Waals surface area contributed by atoms with Crippen molar-refractivity contribution in [3.63, 3.8) is 0 Å². The molecule has 1 spiro atoms. The highest BCUT2D eigenvalue weighted by atomic mass is 31.2. The number of rotatable bonds is 4. The van der Waals surface area contributed by atoms with Gasteiger partial charge in [0.2, 0.25) is 5.91 Å². The highest BCUT2D eigenvalue weighted by Crippen LogP contribution is 2.73. The van der Waals surface area contributed by atoms with Gasteiger partial charge in [0.15, 0.2) is 21.0 Å².